The van der Waals surface area contributed by atoms with E-state index in [0.717, 1.165) is 5.01 Å². The molecule has 0 saturated carbocycles. The summed E-state index contributed by atoms with van der Waals surface area (Å²) in [6.07, 6.45) is 0. The van der Waals surface area contributed by atoms with Crippen LogP contribution in [0.3, 0.4) is 0 Å². The Balaban J connectivity index is 1.61. The number of carbonyl (C=O) groups excluding carboxylic acids is 1. The lowest BCUT2D eigenvalue weighted by Crippen LogP contribution is -2.27. The minimum Gasteiger partial charge on any atom is -0.505 e. The Morgan fingerprint density at radius 3 is 2.55 bits per heavy atom. The number of anilines is 2. The van der Waals surface area contributed by atoms with Crippen molar-refractivity contribution < 1.29 is 19.8 Å². The molecule has 166 valence electrons. The highest BCUT2D eigenvalue weighted by atomic mass is 35.5. The molecule has 0 bridgehead atoms. The largest absolute Gasteiger partial charge is 0.505 e. The van der Waals surface area contributed by atoms with Crippen molar-refractivity contribution in [2.75, 3.05) is 10.4 Å². The molecule has 33 heavy (non-hydrogen) atoms. The maximum atomic E-state index is 12.9. The topological polar surface area (TPSA) is 115 Å². The van der Waals surface area contributed by atoms with Crippen molar-refractivity contribution in [2.24, 2.45) is 10.2 Å². The van der Waals surface area contributed by atoms with E-state index in [1.165, 1.54) is 18.2 Å². The minimum atomic E-state index is -1.07. The van der Waals surface area contributed by atoms with E-state index >= 15 is 0 Å². The normalized spacial score (nSPS) is 14.5. The Hall–Kier alpha value is -3.88. The molecule has 4 rings (SSSR count). The third kappa shape index (κ3) is 4.39. The van der Waals surface area contributed by atoms with Gasteiger partial charge in [-0.2, -0.15) is 15.2 Å². The van der Waals surface area contributed by atoms with E-state index in [2.05, 4.69) is 15.6 Å². The first-order valence-corrected chi connectivity index (χ1v) is 10.4. The number of carboxylic acid groups (broad SMARTS) is 1. The third-order valence-electron chi connectivity index (χ3n) is 4.88. The zero-order valence-electron chi connectivity index (χ0n) is 17.1. The first-order valence-electron chi connectivity index (χ1n) is 9.60. The summed E-state index contributed by atoms with van der Waals surface area (Å²) in [6, 6.07) is 15.8. The Labute approximate surface area is 198 Å². The molecule has 0 atom stereocenters. The van der Waals surface area contributed by atoms with Crippen LogP contribution in [0.2, 0.25) is 10.0 Å². The minimum absolute atomic E-state index is 0.0544. The van der Waals surface area contributed by atoms with E-state index in [0.29, 0.717) is 27.5 Å². The van der Waals surface area contributed by atoms with Crippen molar-refractivity contribution in [3.8, 4) is 16.9 Å². The van der Waals surface area contributed by atoms with Crippen molar-refractivity contribution in [2.45, 2.75) is 6.92 Å². The Morgan fingerprint density at radius 1 is 1.06 bits per heavy atom. The highest BCUT2D eigenvalue weighted by molar-refractivity contribution is 6.71. The van der Waals surface area contributed by atoms with E-state index in [4.69, 9.17) is 23.2 Å². The first kappa shape index (κ1) is 22.3. The van der Waals surface area contributed by atoms with Gasteiger partial charge in [-0.1, -0.05) is 47.5 Å². The van der Waals surface area contributed by atoms with Crippen molar-refractivity contribution in [3.05, 3.63) is 76.3 Å². The number of carboxylic acids is 1. The summed E-state index contributed by atoms with van der Waals surface area (Å²) < 4.78 is 0. The second-order valence-corrected chi connectivity index (χ2v) is 7.88. The molecule has 0 unspecified atom stereocenters. The van der Waals surface area contributed by atoms with E-state index in [9.17, 15) is 19.8 Å². The van der Waals surface area contributed by atoms with Crippen LogP contribution in [0.4, 0.5) is 11.4 Å². The summed E-state index contributed by atoms with van der Waals surface area (Å²) in [6.45, 7) is 1.63. The maximum absolute atomic E-state index is 12.9. The Bertz CT molecular complexity index is 1350. The molecule has 1 aliphatic rings. The lowest BCUT2D eigenvalue weighted by atomic mass is 10.0. The van der Waals surface area contributed by atoms with Crippen LogP contribution in [-0.2, 0) is 4.79 Å². The van der Waals surface area contributed by atoms with Crippen molar-refractivity contribution in [1.29, 1.82) is 0 Å². The molecule has 1 amide bonds. The molecular weight excluding hydrogens is 467 g/mol. The van der Waals surface area contributed by atoms with Crippen LogP contribution in [0.1, 0.15) is 17.3 Å². The fourth-order valence-electron chi connectivity index (χ4n) is 3.22. The average Bonchev–Trinajstić information content (AvgIpc) is 3.08. The monoisotopic (exact) mass is 482 g/mol. The number of aromatic hydroxyl groups is 1. The highest BCUT2D eigenvalue weighted by Crippen LogP contribution is 2.36. The van der Waals surface area contributed by atoms with Crippen LogP contribution in [0.25, 0.3) is 11.1 Å². The SMILES string of the molecule is CC1=NN(c2ccc(Cl)c(Cl)c2)C(=O)/C1=N\Nc1cccc(-c2cccc(C(=O)O)c2)c1O. The number of benzene rings is 3. The van der Waals surface area contributed by atoms with Crippen LogP contribution in [0, 0.1) is 0 Å². The lowest BCUT2D eigenvalue weighted by Gasteiger charge is -2.12. The Morgan fingerprint density at radius 2 is 1.82 bits per heavy atom. The van der Waals surface area contributed by atoms with Crippen LogP contribution in [-0.4, -0.2) is 33.5 Å². The molecule has 0 spiro atoms. The van der Waals surface area contributed by atoms with Crippen LogP contribution >= 0.6 is 23.2 Å². The van der Waals surface area contributed by atoms with Gasteiger partial charge in [-0.05, 0) is 48.9 Å². The maximum Gasteiger partial charge on any atom is 0.335 e. The molecule has 10 heteroatoms. The number of para-hydroxylation sites is 1. The number of halogens is 2. The molecule has 0 saturated heterocycles. The number of phenols is 1. The number of carbonyl (C=O) groups is 2. The zero-order valence-corrected chi connectivity index (χ0v) is 18.6. The summed E-state index contributed by atoms with van der Waals surface area (Å²) in [5.41, 5.74) is 4.80. The summed E-state index contributed by atoms with van der Waals surface area (Å²) in [7, 11) is 0. The number of amides is 1. The van der Waals surface area contributed by atoms with E-state index in [-0.39, 0.29) is 27.7 Å². The predicted molar refractivity (Wildman–Crippen MR) is 129 cm³/mol. The fraction of sp³-hybridized carbons (Fsp3) is 0.0435. The fourth-order valence-corrected chi connectivity index (χ4v) is 3.51. The quantitative estimate of drug-likeness (QED) is 0.339. The molecule has 3 aromatic rings. The van der Waals surface area contributed by atoms with Crippen LogP contribution in [0.15, 0.2) is 70.9 Å². The van der Waals surface area contributed by atoms with Gasteiger partial charge in [-0.3, -0.25) is 10.2 Å². The predicted octanol–water partition coefficient (Wildman–Crippen LogP) is 5.25. The average molecular weight is 483 g/mol. The lowest BCUT2D eigenvalue weighted by molar-refractivity contribution is -0.112. The van der Waals surface area contributed by atoms with Gasteiger partial charge in [0.15, 0.2) is 5.71 Å². The molecule has 1 aliphatic heterocycles. The smallest absolute Gasteiger partial charge is 0.335 e. The summed E-state index contributed by atoms with van der Waals surface area (Å²) in [5.74, 6) is -1.70. The molecule has 3 N–H and O–H groups in total. The molecule has 1 heterocycles. The summed E-state index contributed by atoms with van der Waals surface area (Å²) >= 11 is 12.0. The van der Waals surface area contributed by atoms with Crippen LogP contribution in [0.5, 0.6) is 5.75 Å². The molecule has 0 radical (unpaired) electrons. The zero-order chi connectivity index (χ0) is 23.7. The number of nitrogens with one attached hydrogen (secondary N) is 1. The second kappa shape index (κ2) is 8.93. The van der Waals surface area contributed by atoms with Gasteiger partial charge in [0, 0.05) is 5.56 Å². The summed E-state index contributed by atoms with van der Waals surface area (Å²) in [5, 5.41) is 30.1. The van der Waals surface area contributed by atoms with Gasteiger partial charge in [0.1, 0.15) is 5.75 Å². The van der Waals surface area contributed by atoms with E-state index < -0.39 is 11.9 Å². The number of hydrogen-bond donors (Lipinski definition) is 3. The van der Waals surface area contributed by atoms with Gasteiger partial charge in [0.05, 0.1) is 32.7 Å². The van der Waals surface area contributed by atoms with Gasteiger partial charge < -0.3 is 10.2 Å². The van der Waals surface area contributed by atoms with Gasteiger partial charge in [-0.25, -0.2) is 4.79 Å². The Kier molecular flexibility index (Phi) is 6.04. The number of aromatic carboxylic acids is 1. The highest BCUT2D eigenvalue weighted by Gasteiger charge is 2.31. The van der Waals surface area contributed by atoms with Crippen molar-refractivity contribution >= 4 is 57.9 Å². The van der Waals surface area contributed by atoms with Crippen LogP contribution < -0.4 is 10.4 Å². The number of nitrogens with zero attached hydrogens (tertiary/aromatic N) is 3. The van der Waals surface area contributed by atoms with Gasteiger partial charge >= 0.3 is 11.9 Å². The van der Waals surface area contributed by atoms with Crippen molar-refractivity contribution in [1.82, 2.24) is 0 Å². The van der Waals surface area contributed by atoms with E-state index in [1.54, 1.807) is 49.4 Å². The van der Waals surface area contributed by atoms with Crippen molar-refractivity contribution in [3.63, 3.8) is 0 Å². The van der Waals surface area contributed by atoms with Gasteiger partial charge in [-0.15, -0.1) is 0 Å². The third-order valence-corrected chi connectivity index (χ3v) is 5.62. The number of rotatable bonds is 5. The number of hydrazone groups is 2. The molecule has 0 fully saturated rings. The molecule has 8 nitrogen and oxygen atoms in total. The van der Waals surface area contributed by atoms with Gasteiger partial charge in [0.25, 0.3) is 0 Å². The molecule has 3 aromatic carbocycles. The molecule has 0 aliphatic carbocycles. The number of phenolic OH excluding ortho intramolecular Hbond substituents is 1. The first-order chi connectivity index (χ1) is 15.8. The summed E-state index contributed by atoms with van der Waals surface area (Å²) in [4.78, 5) is 24.1. The molecule has 0 aromatic heterocycles. The standard InChI is InChI=1S/C23H16Cl2N4O4/c1-12-20(22(31)29(28-12)15-8-9-17(24)18(25)11-15)27-26-19-7-3-6-16(21(19)30)13-4-2-5-14(10-13)23(32)33/h2-11,26,30H,1H3,(H,32,33)/b27-20-. The number of hydrogen-bond acceptors (Lipinski definition) is 6. The van der Waals surface area contributed by atoms with Gasteiger partial charge in [0.2, 0.25) is 0 Å². The molecular formula is C23H16Cl2N4O4. The second-order valence-electron chi connectivity index (χ2n) is 7.06. The van der Waals surface area contributed by atoms with E-state index in [1.807, 2.05) is 0 Å².